The number of fused-ring (bicyclic) bond motifs is 10. The maximum Gasteiger partial charge on any atom is 0.258 e. The van der Waals surface area contributed by atoms with Crippen molar-refractivity contribution in [2.75, 3.05) is 137 Å². The minimum atomic E-state index is -0.103. The van der Waals surface area contributed by atoms with Crippen LogP contribution in [0.1, 0.15) is 104 Å². The van der Waals surface area contributed by atoms with Crippen molar-refractivity contribution >= 4 is 94.7 Å². The zero-order valence-electron chi connectivity index (χ0n) is 87.0. The van der Waals surface area contributed by atoms with Gasteiger partial charge in [0.05, 0.1) is 133 Å². The summed E-state index contributed by atoms with van der Waals surface area (Å²) in [5, 5.41) is 39.0. The molecule has 36 nitrogen and oxygen atoms in total. The van der Waals surface area contributed by atoms with Crippen LogP contribution in [0.25, 0.3) is 129 Å². The number of aromatic nitrogens is 22. The van der Waals surface area contributed by atoms with Crippen LogP contribution in [0.2, 0.25) is 0 Å². The molecule has 20 aromatic rings. The van der Waals surface area contributed by atoms with Gasteiger partial charge in [0.25, 0.3) is 27.8 Å². The van der Waals surface area contributed by atoms with Crippen LogP contribution in [0.5, 0.6) is 0 Å². The van der Waals surface area contributed by atoms with Crippen LogP contribution < -0.4 is 68.7 Å². The van der Waals surface area contributed by atoms with E-state index in [4.69, 9.17) is 24.9 Å². The lowest BCUT2D eigenvalue weighted by atomic mass is 9.91. The van der Waals surface area contributed by atoms with Crippen molar-refractivity contribution in [1.82, 2.24) is 132 Å². The van der Waals surface area contributed by atoms with Gasteiger partial charge in [-0.3, -0.25) is 70.0 Å². The Balaban J connectivity index is 0.000000109. The van der Waals surface area contributed by atoms with Crippen molar-refractivity contribution in [3.05, 3.63) is 298 Å². The minimum absolute atomic E-state index is 0.0419. The second-order valence-electron chi connectivity index (χ2n) is 40.3. The van der Waals surface area contributed by atoms with Gasteiger partial charge in [0.1, 0.15) is 39.6 Å². The fourth-order valence-electron chi connectivity index (χ4n) is 22.0. The molecule has 5 saturated heterocycles. The Hall–Kier alpha value is -15.9. The average Bonchev–Trinajstić information content (AvgIpc) is 1.01. The number of aryl methyl sites for hydroxylation is 10. The molecule has 0 aliphatic carbocycles. The second-order valence-corrected chi connectivity index (χ2v) is 40.3. The molecule has 5 fully saturated rings. The molecule has 3 atom stereocenters. The number of piperazine rings is 2. The van der Waals surface area contributed by atoms with Crippen molar-refractivity contribution in [3.8, 4) is 56.5 Å². The van der Waals surface area contributed by atoms with Crippen molar-refractivity contribution in [2.45, 2.75) is 114 Å². The van der Waals surface area contributed by atoms with E-state index < -0.39 is 0 Å². The van der Waals surface area contributed by atoms with E-state index in [0.717, 1.165) is 253 Å². The smallest absolute Gasteiger partial charge is 0.258 e. The molecule has 0 spiro atoms. The monoisotopic (exact) mass is 2000 g/mol. The average molecular weight is 2000 g/mol. The summed E-state index contributed by atoms with van der Waals surface area (Å²) in [6.07, 6.45) is 23.5. The van der Waals surface area contributed by atoms with Gasteiger partial charge in [0, 0.05) is 200 Å². The summed E-state index contributed by atoms with van der Waals surface area (Å²) in [5.74, 6) is 1.81. The lowest BCUT2D eigenvalue weighted by Gasteiger charge is -2.33. The highest BCUT2D eigenvalue weighted by molar-refractivity contribution is 5.90. The Bertz CT molecular complexity index is 8630. The number of nitrogens with one attached hydrogen (secondary N) is 4. The number of pyridine rings is 5. The van der Waals surface area contributed by atoms with Gasteiger partial charge in [-0.25, -0.2) is 34.0 Å². The van der Waals surface area contributed by atoms with Crippen molar-refractivity contribution < 1.29 is 0 Å². The molecule has 149 heavy (non-hydrogen) atoms. The molecule has 0 saturated carbocycles. The number of piperidine rings is 1. The highest BCUT2D eigenvalue weighted by Crippen LogP contribution is 2.35. The standard InChI is InChI=1S/C25H31N7O.C23H27N7O.C22H24N6O.C22H23N5O.C21H22N6O/c1-5-29(6-2)14-19-9-10-30(15-19)20-7-8-24-27-21(12-25(33)31(24)16-20)22-11-23-18(4)26-17(3)13-32(23)28-22;1-4-24-11-17-7-8-28(13-17)18-5-6-22-26-19(10-23(31)29(22)14-18)20-9-21-16(3)25-15(2)12-30(21)27-20;1-14-8-16(9-17-11-24-26(3)22(14)17)19-10-21(29)28-13-18(4-5-20(28)25-19)27-7-6-23-15(2)12-27;1-14-9-17(10-18-12-24-26(2)22(14)18)19-11-21(28)27-13-16(3-4-20(27)25-19)15-5-7-23-8-6-15;1-14-9-15(10-16-12-23-25(2)21(14)16)18-11-20(28)27-13-17(3-4-19(27)24-18)26-7-5-22-6-8-26/h7-8,11-13,16,19H,5-6,9-10,14-15H2,1-4H3;5-6,9-10,12,14,17,24H,4,7-8,11,13H2,1-3H3;4-5,8-11,13,15,23H,6-7,12H2,1-3H3;3-4,9-13,15,23H,5-8H2,1-2H3;3-4,9-13,22H,5-8H2,1-2H3/t19-;17-;15-;;/m000../s1. The summed E-state index contributed by atoms with van der Waals surface area (Å²) in [6.45, 7) is 40.8. The number of rotatable bonds is 17. The largest absolute Gasteiger partial charge is 0.370 e. The van der Waals surface area contributed by atoms with E-state index in [0.29, 0.717) is 91.9 Å². The molecule has 36 heteroatoms. The van der Waals surface area contributed by atoms with Crippen molar-refractivity contribution in [1.29, 1.82) is 0 Å². The molecule has 17 aromatic heterocycles. The van der Waals surface area contributed by atoms with Gasteiger partial charge in [-0.05, 0) is 263 Å². The lowest BCUT2D eigenvalue weighted by molar-refractivity contribution is 0.261. The van der Waals surface area contributed by atoms with Crippen LogP contribution >= 0.6 is 0 Å². The predicted octanol–water partition coefficient (Wildman–Crippen LogP) is 13.0. The molecule has 5 aliphatic rings. The third kappa shape index (κ3) is 20.8. The summed E-state index contributed by atoms with van der Waals surface area (Å²) in [4.78, 5) is 109. The van der Waals surface area contributed by atoms with Crippen LogP contribution in [0.3, 0.4) is 0 Å². The maximum absolute atomic E-state index is 13.0. The number of anilines is 4. The molecule has 4 N–H and O–H groups in total. The highest BCUT2D eigenvalue weighted by atomic mass is 16.1. The Morgan fingerprint density at radius 2 is 0.738 bits per heavy atom. The van der Waals surface area contributed by atoms with E-state index in [1.54, 1.807) is 56.9 Å². The molecule has 0 amide bonds. The van der Waals surface area contributed by atoms with Gasteiger partial charge in [-0.1, -0.05) is 26.8 Å². The van der Waals surface area contributed by atoms with E-state index in [1.165, 1.54) is 18.4 Å². The van der Waals surface area contributed by atoms with Gasteiger partial charge in [-0.15, -0.1) is 0 Å². The van der Waals surface area contributed by atoms with Gasteiger partial charge in [0.2, 0.25) is 0 Å². The quantitative estimate of drug-likeness (QED) is 0.0658. The summed E-state index contributed by atoms with van der Waals surface area (Å²) in [7, 11) is 5.81. The summed E-state index contributed by atoms with van der Waals surface area (Å²) >= 11 is 0. The van der Waals surface area contributed by atoms with Crippen LogP contribution in [0.4, 0.5) is 22.7 Å². The predicted molar refractivity (Wildman–Crippen MR) is 590 cm³/mol. The van der Waals surface area contributed by atoms with E-state index >= 15 is 0 Å². The number of hydrogen-bond donors (Lipinski definition) is 4. The maximum atomic E-state index is 13.0. The molecule has 3 aromatic carbocycles. The topological polar surface area (TPSA) is 350 Å². The fourth-order valence-corrected chi connectivity index (χ4v) is 22.0. The first kappa shape index (κ1) is 99.1. The summed E-state index contributed by atoms with van der Waals surface area (Å²) in [5.41, 5.74) is 27.8. The van der Waals surface area contributed by atoms with Crippen molar-refractivity contribution in [3.63, 3.8) is 0 Å². The molecular weight excluding hydrogens is 1870 g/mol. The van der Waals surface area contributed by atoms with Gasteiger partial charge < -0.3 is 45.8 Å². The number of hydrogen-bond acceptors (Lipinski definition) is 26. The molecule has 22 heterocycles. The Kier molecular flexibility index (Phi) is 28.0. The van der Waals surface area contributed by atoms with E-state index in [-0.39, 0.29) is 27.8 Å². The van der Waals surface area contributed by atoms with Gasteiger partial charge in [0.15, 0.2) is 0 Å². The first-order chi connectivity index (χ1) is 72.1. The third-order valence-electron chi connectivity index (χ3n) is 29.7. The van der Waals surface area contributed by atoms with Gasteiger partial charge in [-0.2, -0.15) is 25.5 Å². The molecular formula is C113H127N31O5. The van der Waals surface area contributed by atoms with Crippen molar-refractivity contribution in [2.24, 2.45) is 33.0 Å². The van der Waals surface area contributed by atoms with E-state index in [9.17, 15) is 24.0 Å². The lowest BCUT2D eigenvalue weighted by Crippen LogP contribution is -2.49. The highest BCUT2D eigenvalue weighted by Gasteiger charge is 2.29. The van der Waals surface area contributed by atoms with E-state index in [2.05, 4.69) is 178 Å². The molecule has 5 aliphatic heterocycles. The molecule has 25 rings (SSSR count). The zero-order chi connectivity index (χ0) is 103. The Morgan fingerprint density at radius 1 is 0.369 bits per heavy atom. The minimum Gasteiger partial charge on any atom is -0.370 e. The van der Waals surface area contributed by atoms with Crippen LogP contribution in [-0.2, 0) is 21.1 Å². The normalized spacial score (nSPS) is 16.2. The van der Waals surface area contributed by atoms with E-state index in [1.807, 2.05) is 190 Å². The summed E-state index contributed by atoms with van der Waals surface area (Å²) < 4.78 is 17.4. The third-order valence-corrected chi connectivity index (χ3v) is 29.7. The SMILES string of the molecule is CCN(CC)C[C@@H]1CCN(c2ccc3nc(-c4cc5c(C)nc(C)cn5n4)cc(=O)n3c2)C1.CCNC[C@@H]1CCN(c2ccc3nc(-c4cc5c(C)nc(C)cn5n4)cc(=O)n3c2)C1.Cc1cc(-c2cc(=O)n3cc(C4CCNCC4)ccc3n2)cc2cnn(C)c12.Cc1cc(-c2cc(=O)n3cc(N4CCNCC4)ccc3n2)cc2cnn(C)c12.Cc1cc(-c2cc(=O)n3cc(N4CCN[C@@H](C)C4)ccc3n2)cc2cnn(C)c12. The zero-order valence-corrected chi connectivity index (χ0v) is 87.0. The molecule has 764 valence electrons. The Morgan fingerprint density at radius 3 is 1.15 bits per heavy atom. The first-order valence-electron chi connectivity index (χ1n) is 51.9. The van der Waals surface area contributed by atoms with Crippen LogP contribution in [-0.4, -0.2) is 234 Å². The van der Waals surface area contributed by atoms with Crippen LogP contribution in [0, 0.1) is 60.3 Å². The molecule has 0 unspecified atom stereocenters. The van der Waals surface area contributed by atoms with Gasteiger partial charge >= 0.3 is 0 Å². The number of benzene rings is 3. The summed E-state index contributed by atoms with van der Waals surface area (Å²) in [6, 6.07) is 44.7. The second kappa shape index (κ2) is 42.2. The van der Waals surface area contributed by atoms with Crippen LogP contribution in [0.15, 0.2) is 225 Å². The fraction of sp³-hybridized carbons (Fsp3) is 0.354. The number of nitrogens with zero attached hydrogens (tertiary/aromatic N) is 27. The first-order valence-corrected chi connectivity index (χ1v) is 51.9. The Labute approximate surface area is 860 Å². The molecule has 0 radical (unpaired) electrons. The molecule has 0 bridgehead atoms.